The summed E-state index contributed by atoms with van der Waals surface area (Å²) in [7, 11) is 0. The summed E-state index contributed by atoms with van der Waals surface area (Å²) in [6.07, 6.45) is -4.70. The SMILES string of the molecule is CC(Sc1nnc(C(F)(F)F)n1N)C(=O)NC(C)c1ccccc1. The topological polar surface area (TPSA) is 85.8 Å². The van der Waals surface area contributed by atoms with Crippen molar-refractivity contribution in [2.45, 2.75) is 36.5 Å². The Balaban J connectivity index is 2.01. The van der Waals surface area contributed by atoms with Gasteiger partial charge in [-0.25, -0.2) is 4.68 Å². The Morgan fingerprint density at radius 1 is 1.25 bits per heavy atom. The summed E-state index contributed by atoms with van der Waals surface area (Å²) in [5.74, 6) is 3.70. The van der Waals surface area contributed by atoms with Crippen LogP contribution >= 0.6 is 11.8 Å². The van der Waals surface area contributed by atoms with Gasteiger partial charge in [0.1, 0.15) is 0 Å². The van der Waals surface area contributed by atoms with Crippen molar-refractivity contribution in [1.82, 2.24) is 20.2 Å². The van der Waals surface area contributed by atoms with Crippen LogP contribution in [0.25, 0.3) is 0 Å². The third-order valence-electron chi connectivity index (χ3n) is 3.23. The zero-order valence-corrected chi connectivity index (χ0v) is 13.7. The van der Waals surface area contributed by atoms with Gasteiger partial charge in [0.15, 0.2) is 0 Å². The molecule has 0 saturated carbocycles. The molecule has 0 aliphatic rings. The highest BCUT2D eigenvalue weighted by atomic mass is 32.2. The lowest BCUT2D eigenvalue weighted by Gasteiger charge is -2.17. The fourth-order valence-electron chi connectivity index (χ4n) is 1.92. The van der Waals surface area contributed by atoms with E-state index in [-0.39, 0.29) is 17.1 Å². The van der Waals surface area contributed by atoms with E-state index in [0.717, 1.165) is 17.3 Å². The summed E-state index contributed by atoms with van der Waals surface area (Å²) >= 11 is 0.805. The van der Waals surface area contributed by atoms with Crippen molar-refractivity contribution in [2.75, 3.05) is 5.84 Å². The highest BCUT2D eigenvalue weighted by Crippen LogP contribution is 2.30. The minimum atomic E-state index is -4.70. The minimum absolute atomic E-state index is 0.183. The molecule has 1 heterocycles. The summed E-state index contributed by atoms with van der Waals surface area (Å²) in [6, 6.07) is 9.08. The number of carbonyl (C=O) groups is 1. The molecule has 2 rings (SSSR count). The molecule has 1 amide bonds. The number of benzene rings is 1. The molecule has 0 bridgehead atoms. The number of nitrogens with one attached hydrogen (secondary N) is 1. The van der Waals surface area contributed by atoms with Crippen molar-refractivity contribution in [2.24, 2.45) is 0 Å². The maximum absolute atomic E-state index is 12.6. The van der Waals surface area contributed by atoms with Crippen molar-refractivity contribution < 1.29 is 18.0 Å². The molecule has 130 valence electrons. The van der Waals surface area contributed by atoms with Crippen LogP contribution in [0.3, 0.4) is 0 Å². The molecule has 0 aliphatic carbocycles. The number of hydrogen-bond donors (Lipinski definition) is 2. The van der Waals surface area contributed by atoms with E-state index in [2.05, 4.69) is 15.5 Å². The van der Waals surface area contributed by atoms with E-state index in [1.54, 1.807) is 6.92 Å². The molecule has 24 heavy (non-hydrogen) atoms. The average molecular weight is 359 g/mol. The lowest BCUT2D eigenvalue weighted by molar-refractivity contribution is -0.146. The first-order valence-electron chi connectivity index (χ1n) is 6.99. The number of thioether (sulfide) groups is 1. The molecule has 2 aromatic rings. The Morgan fingerprint density at radius 3 is 2.42 bits per heavy atom. The van der Waals surface area contributed by atoms with Gasteiger partial charge in [0.05, 0.1) is 11.3 Å². The van der Waals surface area contributed by atoms with Crippen LogP contribution in [0.4, 0.5) is 13.2 Å². The van der Waals surface area contributed by atoms with E-state index >= 15 is 0 Å². The molecule has 0 saturated heterocycles. The summed E-state index contributed by atoms with van der Waals surface area (Å²) in [4.78, 5) is 12.2. The quantitative estimate of drug-likeness (QED) is 0.632. The standard InChI is InChI=1S/C14H16F3N5OS/c1-8(10-6-4-3-5-7-10)19-11(23)9(2)24-13-21-20-12(22(13)18)14(15,16)17/h3-9H,18H2,1-2H3,(H,19,23). The first-order valence-corrected chi connectivity index (χ1v) is 7.87. The van der Waals surface area contributed by atoms with E-state index < -0.39 is 17.3 Å². The Labute approximate surface area is 140 Å². The second-order valence-electron chi connectivity index (χ2n) is 5.07. The smallest absolute Gasteiger partial charge is 0.349 e. The van der Waals surface area contributed by atoms with Crippen LogP contribution in [-0.2, 0) is 11.0 Å². The fraction of sp³-hybridized carbons (Fsp3) is 0.357. The molecule has 0 aliphatic heterocycles. The monoisotopic (exact) mass is 359 g/mol. The molecule has 0 fully saturated rings. The lowest BCUT2D eigenvalue weighted by atomic mass is 10.1. The van der Waals surface area contributed by atoms with Crippen molar-refractivity contribution >= 4 is 17.7 Å². The minimum Gasteiger partial charge on any atom is -0.349 e. The van der Waals surface area contributed by atoms with E-state index in [1.807, 2.05) is 37.3 Å². The zero-order chi connectivity index (χ0) is 17.9. The van der Waals surface area contributed by atoms with Crippen LogP contribution in [0.15, 0.2) is 35.5 Å². The van der Waals surface area contributed by atoms with Gasteiger partial charge < -0.3 is 11.2 Å². The van der Waals surface area contributed by atoms with Gasteiger partial charge in [-0.2, -0.15) is 13.2 Å². The van der Waals surface area contributed by atoms with Crippen molar-refractivity contribution in [3.05, 3.63) is 41.7 Å². The molecule has 1 aromatic heterocycles. The van der Waals surface area contributed by atoms with Crippen LogP contribution in [0.1, 0.15) is 31.3 Å². The number of halogens is 3. The highest BCUT2D eigenvalue weighted by Gasteiger charge is 2.38. The second-order valence-corrected chi connectivity index (χ2v) is 6.38. The summed E-state index contributed by atoms with van der Waals surface area (Å²) < 4.78 is 38.2. The number of nitrogen functional groups attached to an aromatic ring is 1. The number of rotatable bonds is 5. The van der Waals surface area contributed by atoms with Gasteiger partial charge in [0, 0.05) is 0 Å². The van der Waals surface area contributed by atoms with Crippen molar-refractivity contribution in [1.29, 1.82) is 0 Å². The molecule has 0 radical (unpaired) electrons. The van der Waals surface area contributed by atoms with Gasteiger partial charge in [0.25, 0.3) is 5.82 Å². The van der Waals surface area contributed by atoms with Crippen molar-refractivity contribution in [3.63, 3.8) is 0 Å². The third-order valence-corrected chi connectivity index (χ3v) is 4.28. The molecular formula is C14H16F3N5OS. The summed E-state index contributed by atoms with van der Waals surface area (Å²) in [6.45, 7) is 3.37. The predicted octanol–water partition coefficient (Wildman–Crippen LogP) is 2.37. The Morgan fingerprint density at radius 2 is 1.88 bits per heavy atom. The van der Waals surface area contributed by atoms with Gasteiger partial charge >= 0.3 is 6.18 Å². The second kappa shape index (κ2) is 7.12. The van der Waals surface area contributed by atoms with Gasteiger partial charge in [-0.05, 0) is 19.4 Å². The first-order chi connectivity index (χ1) is 11.2. The molecule has 6 nitrogen and oxygen atoms in total. The summed E-state index contributed by atoms with van der Waals surface area (Å²) in [5.41, 5.74) is 0.921. The Bertz CT molecular complexity index is 704. The molecule has 1 aromatic carbocycles. The largest absolute Gasteiger partial charge is 0.453 e. The van der Waals surface area contributed by atoms with E-state index in [9.17, 15) is 18.0 Å². The summed E-state index contributed by atoms with van der Waals surface area (Å²) in [5, 5.41) is 8.33. The zero-order valence-electron chi connectivity index (χ0n) is 12.9. The van der Waals surface area contributed by atoms with Crippen LogP contribution < -0.4 is 11.2 Å². The van der Waals surface area contributed by atoms with E-state index in [0.29, 0.717) is 4.68 Å². The third kappa shape index (κ3) is 4.19. The van der Waals surface area contributed by atoms with Crippen LogP contribution in [-0.4, -0.2) is 26.0 Å². The number of aromatic nitrogens is 3. The molecule has 2 unspecified atom stereocenters. The molecule has 10 heteroatoms. The molecule has 0 spiro atoms. The predicted molar refractivity (Wildman–Crippen MR) is 83.5 cm³/mol. The molecule has 2 atom stereocenters. The van der Waals surface area contributed by atoms with Gasteiger partial charge in [-0.15, -0.1) is 10.2 Å². The fourth-order valence-corrected chi connectivity index (χ4v) is 2.70. The number of carbonyl (C=O) groups excluding carboxylic acids is 1. The van der Waals surface area contributed by atoms with Crippen LogP contribution in [0.2, 0.25) is 0 Å². The van der Waals surface area contributed by atoms with E-state index in [1.165, 1.54) is 0 Å². The number of nitrogens with zero attached hydrogens (tertiary/aromatic N) is 3. The van der Waals surface area contributed by atoms with Crippen molar-refractivity contribution in [3.8, 4) is 0 Å². The maximum atomic E-state index is 12.6. The van der Waals surface area contributed by atoms with Gasteiger partial charge in [-0.3, -0.25) is 4.79 Å². The number of amides is 1. The molecular weight excluding hydrogens is 343 g/mol. The van der Waals surface area contributed by atoms with Gasteiger partial charge in [0.2, 0.25) is 11.1 Å². The number of nitrogens with two attached hydrogens (primary N) is 1. The number of alkyl halides is 3. The average Bonchev–Trinajstić information content (AvgIpc) is 2.89. The van der Waals surface area contributed by atoms with Crippen LogP contribution in [0, 0.1) is 0 Å². The van der Waals surface area contributed by atoms with Crippen LogP contribution in [0.5, 0.6) is 0 Å². The first kappa shape index (κ1) is 18.1. The number of hydrogen-bond acceptors (Lipinski definition) is 5. The highest BCUT2D eigenvalue weighted by molar-refractivity contribution is 8.00. The van der Waals surface area contributed by atoms with Gasteiger partial charge in [-0.1, -0.05) is 42.1 Å². The van der Waals surface area contributed by atoms with E-state index in [4.69, 9.17) is 5.84 Å². The molecule has 3 N–H and O–H groups in total. The lowest BCUT2D eigenvalue weighted by Crippen LogP contribution is -2.33. The maximum Gasteiger partial charge on any atom is 0.453 e. The Kier molecular flexibility index (Phi) is 5.37. The Hall–Kier alpha value is -2.23. The normalized spacial score (nSPS) is 14.2.